The van der Waals surface area contributed by atoms with E-state index < -0.39 is 0 Å². The second-order valence-electron chi connectivity index (χ2n) is 4.38. The molecule has 1 heterocycles. The maximum atomic E-state index is 13.0. The molecule has 84 valence electrons. The smallest absolute Gasteiger partial charge is 0.134 e. The van der Waals surface area contributed by atoms with Crippen LogP contribution in [0, 0.1) is 5.82 Å². The fourth-order valence-electron chi connectivity index (χ4n) is 2.45. The fourth-order valence-corrected chi connectivity index (χ4v) is 3.30. The summed E-state index contributed by atoms with van der Waals surface area (Å²) < 4.78 is 18.8. The van der Waals surface area contributed by atoms with Gasteiger partial charge < -0.3 is 4.42 Å². The van der Waals surface area contributed by atoms with Gasteiger partial charge in [0.25, 0.3) is 0 Å². The monoisotopic (exact) mass is 282 g/mol. The number of fused-ring (bicyclic) bond motifs is 1. The molecule has 0 radical (unpaired) electrons. The van der Waals surface area contributed by atoms with Crippen LogP contribution in [0.15, 0.2) is 28.7 Å². The third-order valence-electron chi connectivity index (χ3n) is 3.29. The van der Waals surface area contributed by atoms with Crippen LogP contribution in [0.3, 0.4) is 0 Å². The highest BCUT2D eigenvalue weighted by Crippen LogP contribution is 2.40. The first kappa shape index (κ1) is 10.3. The van der Waals surface area contributed by atoms with E-state index in [1.807, 2.05) is 6.07 Å². The number of furan rings is 1. The molecule has 3 rings (SSSR count). The van der Waals surface area contributed by atoms with Crippen molar-refractivity contribution in [3.05, 3.63) is 35.8 Å². The topological polar surface area (TPSA) is 13.1 Å². The maximum absolute atomic E-state index is 13.0. The van der Waals surface area contributed by atoms with Crippen molar-refractivity contribution in [2.45, 2.75) is 30.0 Å². The standard InChI is InChI=1S/C13H12BrFO/c14-11-3-1-2-10(11)13-7-8-6-9(15)4-5-12(8)16-13/h4-7,10-11H,1-3H2. The molecule has 1 aromatic heterocycles. The fraction of sp³-hybridized carbons (Fsp3) is 0.385. The maximum Gasteiger partial charge on any atom is 0.134 e. The summed E-state index contributed by atoms with van der Waals surface area (Å²) in [6, 6.07) is 6.64. The summed E-state index contributed by atoms with van der Waals surface area (Å²) in [5.74, 6) is 1.22. The predicted molar refractivity (Wildman–Crippen MR) is 65.5 cm³/mol. The van der Waals surface area contributed by atoms with Crippen LogP contribution >= 0.6 is 15.9 Å². The Labute approximate surface area is 102 Å². The summed E-state index contributed by atoms with van der Waals surface area (Å²) >= 11 is 3.68. The molecule has 2 aromatic rings. The second kappa shape index (κ2) is 3.88. The molecule has 3 heteroatoms. The Morgan fingerprint density at radius 1 is 1.25 bits per heavy atom. The summed E-state index contributed by atoms with van der Waals surface area (Å²) in [7, 11) is 0. The van der Waals surface area contributed by atoms with Gasteiger partial charge in [-0.05, 0) is 37.1 Å². The van der Waals surface area contributed by atoms with Crippen LogP contribution in [-0.2, 0) is 0 Å². The van der Waals surface area contributed by atoms with Gasteiger partial charge in [0.1, 0.15) is 17.2 Å². The number of alkyl halides is 1. The molecule has 0 saturated heterocycles. The Morgan fingerprint density at radius 2 is 2.12 bits per heavy atom. The van der Waals surface area contributed by atoms with Crippen molar-refractivity contribution in [2.24, 2.45) is 0 Å². The quantitative estimate of drug-likeness (QED) is 0.697. The molecule has 1 fully saturated rings. The number of benzene rings is 1. The van der Waals surface area contributed by atoms with Gasteiger partial charge in [0.05, 0.1) is 0 Å². The third kappa shape index (κ3) is 1.67. The number of hydrogen-bond donors (Lipinski definition) is 0. The van der Waals surface area contributed by atoms with Gasteiger partial charge in [-0.15, -0.1) is 0 Å². The van der Waals surface area contributed by atoms with Gasteiger partial charge in [-0.25, -0.2) is 4.39 Å². The van der Waals surface area contributed by atoms with Crippen molar-refractivity contribution in [3.63, 3.8) is 0 Å². The van der Waals surface area contributed by atoms with E-state index in [-0.39, 0.29) is 5.82 Å². The Balaban J connectivity index is 2.04. The SMILES string of the molecule is Fc1ccc2oc(C3CCCC3Br)cc2c1. The summed E-state index contributed by atoms with van der Waals surface area (Å²) in [5, 5.41) is 0.863. The molecule has 2 atom stereocenters. The first-order valence-electron chi connectivity index (χ1n) is 5.57. The van der Waals surface area contributed by atoms with E-state index in [9.17, 15) is 4.39 Å². The second-order valence-corrected chi connectivity index (χ2v) is 5.56. The molecule has 2 unspecified atom stereocenters. The number of halogens is 2. The zero-order valence-corrected chi connectivity index (χ0v) is 10.3. The highest BCUT2D eigenvalue weighted by molar-refractivity contribution is 9.09. The van der Waals surface area contributed by atoms with Gasteiger partial charge in [0, 0.05) is 16.1 Å². The van der Waals surface area contributed by atoms with E-state index in [2.05, 4.69) is 15.9 Å². The van der Waals surface area contributed by atoms with Gasteiger partial charge in [0.15, 0.2) is 0 Å². The Kier molecular flexibility index (Phi) is 2.51. The van der Waals surface area contributed by atoms with Crippen molar-refractivity contribution in [1.29, 1.82) is 0 Å². The summed E-state index contributed by atoms with van der Waals surface area (Å²) in [5.41, 5.74) is 0.781. The van der Waals surface area contributed by atoms with E-state index in [1.165, 1.54) is 25.0 Å². The highest BCUT2D eigenvalue weighted by Gasteiger charge is 2.29. The molecule has 1 aliphatic rings. The van der Waals surface area contributed by atoms with Crippen LogP contribution in [0.25, 0.3) is 11.0 Å². The summed E-state index contributed by atoms with van der Waals surface area (Å²) in [6.07, 6.45) is 3.57. The van der Waals surface area contributed by atoms with Crippen LogP contribution in [0.4, 0.5) is 4.39 Å². The van der Waals surface area contributed by atoms with E-state index in [0.29, 0.717) is 10.7 Å². The molecule has 1 aliphatic carbocycles. The minimum absolute atomic E-state index is 0.207. The van der Waals surface area contributed by atoms with E-state index >= 15 is 0 Å². The first-order chi connectivity index (χ1) is 7.74. The molecule has 0 spiro atoms. The zero-order valence-electron chi connectivity index (χ0n) is 8.75. The van der Waals surface area contributed by atoms with Gasteiger partial charge in [0.2, 0.25) is 0 Å². The lowest BCUT2D eigenvalue weighted by molar-refractivity contribution is 0.499. The number of hydrogen-bond acceptors (Lipinski definition) is 1. The van der Waals surface area contributed by atoms with Gasteiger partial charge >= 0.3 is 0 Å². The van der Waals surface area contributed by atoms with E-state index in [4.69, 9.17) is 4.42 Å². The Hall–Kier alpha value is -0.830. The van der Waals surface area contributed by atoms with E-state index in [1.54, 1.807) is 6.07 Å². The summed E-state index contributed by atoms with van der Waals surface area (Å²) in [4.78, 5) is 0.498. The van der Waals surface area contributed by atoms with Crippen LogP contribution in [-0.4, -0.2) is 4.83 Å². The van der Waals surface area contributed by atoms with Gasteiger partial charge in [-0.3, -0.25) is 0 Å². The van der Waals surface area contributed by atoms with Crippen molar-refractivity contribution >= 4 is 26.9 Å². The number of rotatable bonds is 1. The molecule has 0 amide bonds. The molecular formula is C13H12BrFO. The lowest BCUT2D eigenvalue weighted by atomic mass is 10.1. The molecule has 0 bridgehead atoms. The lowest BCUT2D eigenvalue weighted by Crippen LogP contribution is -2.02. The van der Waals surface area contributed by atoms with Crippen LogP contribution < -0.4 is 0 Å². The van der Waals surface area contributed by atoms with Crippen molar-refractivity contribution in [1.82, 2.24) is 0 Å². The molecule has 1 saturated carbocycles. The average molecular weight is 283 g/mol. The molecular weight excluding hydrogens is 271 g/mol. The predicted octanol–water partition coefficient (Wildman–Crippen LogP) is 4.60. The van der Waals surface area contributed by atoms with Crippen molar-refractivity contribution in [3.8, 4) is 0 Å². The van der Waals surface area contributed by atoms with Crippen LogP contribution in [0.5, 0.6) is 0 Å². The minimum atomic E-state index is -0.207. The van der Waals surface area contributed by atoms with Gasteiger partial charge in [-0.2, -0.15) is 0 Å². The Bertz CT molecular complexity index is 520. The first-order valence-corrected chi connectivity index (χ1v) is 6.49. The molecule has 0 aliphatic heterocycles. The molecule has 1 aromatic carbocycles. The largest absolute Gasteiger partial charge is 0.461 e. The van der Waals surface area contributed by atoms with Gasteiger partial charge in [-0.1, -0.05) is 22.4 Å². The average Bonchev–Trinajstić information content (AvgIpc) is 2.82. The van der Waals surface area contributed by atoms with Crippen LogP contribution in [0.2, 0.25) is 0 Å². The van der Waals surface area contributed by atoms with Crippen molar-refractivity contribution in [2.75, 3.05) is 0 Å². The molecule has 16 heavy (non-hydrogen) atoms. The minimum Gasteiger partial charge on any atom is -0.461 e. The highest BCUT2D eigenvalue weighted by atomic mass is 79.9. The Morgan fingerprint density at radius 3 is 2.88 bits per heavy atom. The van der Waals surface area contributed by atoms with Crippen molar-refractivity contribution < 1.29 is 8.81 Å². The van der Waals surface area contributed by atoms with E-state index in [0.717, 1.165) is 23.2 Å². The lowest BCUT2D eigenvalue weighted by Gasteiger charge is -2.09. The zero-order chi connectivity index (χ0) is 11.1. The third-order valence-corrected chi connectivity index (χ3v) is 4.39. The molecule has 1 nitrogen and oxygen atoms in total. The van der Waals surface area contributed by atoms with Crippen LogP contribution in [0.1, 0.15) is 30.9 Å². The molecule has 0 N–H and O–H groups in total. The normalized spacial score (nSPS) is 25.4. The summed E-state index contributed by atoms with van der Waals surface area (Å²) in [6.45, 7) is 0.